The van der Waals surface area contributed by atoms with Gasteiger partial charge < -0.3 is 10.6 Å². The van der Waals surface area contributed by atoms with E-state index in [-0.39, 0.29) is 17.1 Å². The molecule has 36 heavy (non-hydrogen) atoms. The number of rotatable bonds is 5. The first kappa shape index (κ1) is 24.8. The maximum absolute atomic E-state index is 13.0. The van der Waals surface area contributed by atoms with Crippen LogP contribution in [0.3, 0.4) is 0 Å². The van der Waals surface area contributed by atoms with E-state index in [1.807, 2.05) is 0 Å². The summed E-state index contributed by atoms with van der Waals surface area (Å²) in [5.74, 6) is 3.97. The van der Waals surface area contributed by atoms with Crippen molar-refractivity contribution in [1.82, 2.24) is 15.1 Å². The second-order valence-electron chi connectivity index (χ2n) is 7.67. The van der Waals surface area contributed by atoms with Gasteiger partial charge in [0.05, 0.1) is 39.2 Å². The Bertz CT molecular complexity index is 1520. The summed E-state index contributed by atoms with van der Waals surface area (Å²) in [6.07, 6.45) is -2.92. The summed E-state index contributed by atoms with van der Waals surface area (Å²) in [6.45, 7) is 1.72. The van der Waals surface area contributed by atoms with Crippen LogP contribution in [0.1, 0.15) is 28.4 Å². The molecule has 0 bridgehead atoms. The topological polar surface area (TPSA) is 76.0 Å². The average molecular weight is 511 g/mol. The van der Waals surface area contributed by atoms with Gasteiger partial charge in [-0.3, -0.25) is 9.59 Å². The van der Waals surface area contributed by atoms with Crippen LogP contribution in [0.15, 0.2) is 66.9 Å². The molecule has 4 rings (SSSR count). The number of fused-ring (bicyclic) bond motifs is 1. The molecule has 2 amide bonds. The van der Waals surface area contributed by atoms with Crippen molar-refractivity contribution in [2.75, 3.05) is 5.32 Å². The first-order chi connectivity index (χ1) is 17.2. The van der Waals surface area contributed by atoms with Gasteiger partial charge in [0.25, 0.3) is 11.8 Å². The van der Waals surface area contributed by atoms with Gasteiger partial charge in [0, 0.05) is 11.9 Å². The van der Waals surface area contributed by atoms with Gasteiger partial charge in [-0.05, 0) is 66.9 Å². The molecule has 0 atom stereocenters. The molecular weight excluding hydrogens is 493 g/mol. The van der Waals surface area contributed by atoms with E-state index in [4.69, 9.17) is 11.6 Å². The number of hydrogen-bond donors (Lipinski definition) is 2. The quantitative estimate of drug-likeness (QED) is 0.344. The van der Waals surface area contributed by atoms with Crippen LogP contribution in [0.4, 0.5) is 18.9 Å². The number of halogens is 4. The summed E-state index contributed by atoms with van der Waals surface area (Å²) in [4.78, 5) is 24.6. The number of amides is 2. The Morgan fingerprint density at radius 2 is 1.83 bits per heavy atom. The van der Waals surface area contributed by atoms with Crippen molar-refractivity contribution in [2.45, 2.75) is 19.6 Å². The fraction of sp³-hybridized carbons (Fsp3) is 0.115. The minimum absolute atomic E-state index is 0.167. The zero-order chi connectivity index (χ0) is 25.9. The number of hydrogen-bond acceptors (Lipinski definition) is 3. The first-order valence-electron chi connectivity index (χ1n) is 10.6. The van der Waals surface area contributed by atoms with E-state index in [9.17, 15) is 22.8 Å². The van der Waals surface area contributed by atoms with Crippen LogP contribution in [-0.2, 0) is 17.5 Å². The first-order valence-corrected chi connectivity index (χ1v) is 11.0. The molecule has 6 nitrogen and oxygen atoms in total. The normalized spacial score (nSPS) is 11.0. The van der Waals surface area contributed by atoms with Gasteiger partial charge in [0.15, 0.2) is 0 Å². The standard InChI is InChI=1S/C26H18ClF3N4O2/c1-2-4-24(35)31-14-16-7-12-21(27)19(13-16)25(36)33-22-5-3-6-23-20(22)15-32-34(23)18-10-8-17(9-11-18)26(28,29)30/h3,5-13,15H,14H2,1H3,(H,31,35)(H,33,36). The second kappa shape index (κ2) is 10.1. The van der Waals surface area contributed by atoms with Gasteiger partial charge in [-0.2, -0.15) is 18.3 Å². The van der Waals surface area contributed by atoms with Crippen molar-refractivity contribution >= 4 is 40.0 Å². The van der Waals surface area contributed by atoms with Crippen molar-refractivity contribution in [2.24, 2.45) is 0 Å². The highest BCUT2D eigenvalue weighted by Crippen LogP contribution is 2.31. The van der Waals surface area contributed by atoms with Crippen LogP contribution in [0.2, 0.25) is 5.02 Å². The Balaban J connectivity index is 1.58. The van der Waals surface area contributed by atoms with E-state index >= 15 is 0 Å². The molecule has 0 aliphatic heterocycles. The van der Waals surface area contributed by atoms with Crippen molar-refractivity contribution in [3.05, 3.63) is 88.6 Å². The molecule has 1 aromatic heterocycles. The highest BCUT2D eigenvalue weighted by Gasteiger charge is 2.30. The molecule has 0 aliphatic rings. The Morgan fingerprint density at radius 1 is 1.08 bits per heavy atom. The molecule has 0 aliphatic carbocycles. The number of carbonyl (C=O) groups excluding carboxylic acids is 2. The molecule has 0 radical (unpaired) electrons. The fourth-order valence-electron chi connectivity index (χ4n) is 3.54. The molecule has 0 saturated heterocycles. The lowest BCUT2D eigenvalue weighted by Crippen LogP contribution is -2.21. The number of alkyl halides is 3. The van der Waals surface area contributed by atoms with Gasteiger partial charge >= 0.3 is 6.18 Å². The number of anilines is 1. The molecule has 0 unspecified atom stereocenters. The van der Waals surface area contributed by atoms with Gasteiger partial charge in [-0.25, -0.2) is 4.68 Å². The number of nitrogens with one attached hydrogen (secondary N) is 2. The predicted molar refractivity (Wildman–Crippen MR) is 131 cm³/mol. The molecule has 3 aromatic carbocycles. The van der Waals surface area contributed by atoms with E-state index < -0.39 is 23.6 Å². The largest absolute Gasteiger partial charge is 0.416 e. The third-order valence-electron chi connectivity index (χ3n) is 5.27. The second-order valence-corrected chi connectivity index (χ2v) is 8.07. The van der Waals surface area contributed by atoms with Crippen LogP contribution in [-0.4, -0.2) is 21.6 Å². The summed E-state index contributed by atoms with van der Waals surface area (Å²) in [5, 5.41) is 10.5. The number of benzene rings is 3. The van der Waals surface area contributed by atoms with Crippen LogP contribution in [0.25, 0.3) is 16.6 Å². The fourth-order valence-corrected chi connectivity index (χ4v) is 3.75. The van der Waals surface area contributed by atoms with E-state index in [1.54, 1.807) is 43.3 Å². The van der Waals surface area contributed by atoms with E-state index in [0.717, 1.165) is 12.1 Å². The van der Waals surface area contributed by atoms with Crippen molar-refractivity contribution in [3.63, 3.8) is 0 Å². The molecular formula is C26H18ClF3N4O2. The molecule has 2 N–H and O–H groups in total. The summed E-state index contributed by atoms with van der Waals surface area (Å²) in [7, 11) is 0. The lowest BCUT2D eigenvalue weighted by atomic mass is 10.1. The van der Waals surface area contributed by atoms with E-state index in [0.29, 0.717) is 27.8 Å². The highest BCUT2D eigenvalue weighted by atomic mass is 35.5. The molecule has 182 valence electrons. The zero-order valence-corrected chi connectivity index (χ0v) is 19.5. The molecule has 10 heteroatoms. The summed E-state index contributed by atoms with van der Waals surface area (Å²) in [5.41, 5.74) is 1.58. The lowest BCUT2D eigenvalue weighted by Gasteiger charge is -2.11. The Labute approximate surface area is 209 Å². The zero-order valence-electron chi connectivity index (χ0n) is 18.8. The average Bonchev–Trinajstić information content (AvgIpc) is 3.28. The monoisotopic (exact) mass is 510 g/mol. The van der Waals surface area contributed by atoms with Gasteiger partial charge in [-0.1, -0.05) is 29.7 Å². The Morgan fingerprint density at radius 3 is 2.53 bits per heavy atom. The maximum atomic E-state index is 13.0. The van der Waals surface area contributed by atoms with Crippen LogP contribution in [0, 0.1) is 11.8 Å². The van der Waals surface area contributed by atoms with Crippen LogP contribution >= 0.6 is 11.6 Å². The summed E-state index contributed by atoms with van der Waals surface area (Å²) < 4.78 is 40.2. The van der Waals surface area contributed by atoms with Gasteiger partial charge in [0.2, 0.25) is 0 Å². The number of nitrogens with zero attached hydrogens (tertiary/aromatic N) is 2. The van der Waals surface area contributed by atoms with E-state index in [2.05, 4.69) is 27.6 Å². The minimum atomic E-state index is -4.43. The number of carbonyl (C=O) groups is 2. The molecule has 0 saturated carbocycles. The SMILES string of the molecule is CC#CC(=O)NCc1ccc(Cl)c(C(=O)Nc2cccc3c2cnn3-c2ccc(C(F)(F)F)cc2)c1. The molecule has 1 heterocycles. The van der Waals surface area contributed by atoms with Crippen LogP contribution < -0.4 is 10.6 Å². The highest BCUT2D eigenvalue weighted by molar-refractivity contribution is 6.34. The molecule has 0 fully saturated rings. The molecule has 4 aromatic rings. The van der Waals surface area contributed by atoms with Crippen molar-refractivity contribution in [1.29, 1.82) is 0 Å². The van der Waals surface area contributed by atoms with Crippen molar-refractivity contribution in [3.8, 4) is 17.5 Å². The maximum Gasteiger partial charge on any atom is 0.416 e. The summed E-state index contributed by atoms with van der Waals surface area (Å²) in [6, 6.07) is 14.6. The lowest BCUT2D eigenvalue weighted by molar-refractivity contribution is -0.137. The smallest absolute Gasteiger partial charge is 0.341 e. The van der Waals surface area contributed by atoms with Crippen LogP contribution in [0.5, 0.6) is 0 Å². The third-order valence-corrected chi connectivity index (χ3v) is 5.60. The minimum Gasteiger partial charge on any atom is -0.341 e. The van der Waals surface area contributed by atoms with Gasteiger partial charge in [-0.15, -0.1) is 0 Å². The molecule has 0 spiro atoms. The number of aromatic nitrogens is 2. The predicted octanol–water partition coefficient (Wildman–Crippen LogP) is 5.59. The Hall–Kier alpha value is -4.29. The summed E-state index contributed by atoms with van der Waals surface area (Å²) >= 11 is 6.25. The third kappa shape index (κ3) is 5.34. The van der Waals surface area contributed by atoms with Crippen molar-refractivity contribution < 1.29 is 22.8 Å². The Kier molecular flexibility index (Phi) is 6.99. The van der Waals surface area contributed by atoms with Gasteiger partial charge in [0.1, 0.15) is 0 Å². The van der Waals surface area contributed by atoms with E-state index in [1.165, 1.54) is 23.0 Å².